The number of anilines is 2. The zero-order valence-corrected chi connectivity index (χ0v) is 19.4. The van der Waals surface area contributed by atoms with Gasteiger partial charge < -0.3 is 10.2 Å². The number of allylic oxidation sites excluding steroid dienone is 1. The molecule has 0 radical (unpaired) electrons. The van der Waals surface area contributed by atoms with E-state index in [0.717, 1.165) is 52.8 Å². The molecule has 0 amide bonds. The Labute approximate surface area is 190 Å². The Kier molecular flexibility index (Phi) is 5.04. The molecule has 1 atom stereocenters. The van der Waals surface area contributed by atoms with E-state index in [1.807, 2.05) is 12.3 Å². The van der Waals surface area contributed by atoms with Crippen molar-refractivity contribution < 1.29 is 4.79 Å². The molecule has 0 saturated carbocycles. The third kappa shape index (κ3) is 3.38. The van der Waals surface area contributed by atoms with E-state index in [9.17, 15) is 4.79 Å². The minimum atomic E-state index is -0.124. The van der Waals surface area contributed by atoms with E-state index in [0.29, 0.717) is 6.42 Å². The molecular formula is C28H31N3O. The van der Waals surface area contributed by atoms with Crippen molar-refractivity contribution in [2.75, 3.05) is 23.3 Å². The predicted octanol–water partition coefficient (Wildman–Crippen LogP) is 6.39. The SMILES string of the molecule is CCN(CC)c1ccc(C2Nc3ccc4ncccc4c3C3=C2C(=O)CC(C)(C)C3)cc1. The molecule has 2 aliphatic rings. The second kappa shape index (κ2) is 7.77. The third-order valence-electron chi connectivity index (χ3n) is 6.95. The topological polar surface area (TPSA) is 45.2 Å². The van der Waals surface area contributed by atoms with Crippen LogP contribution < -0.4 is 10.2 Å². The number of carbonyl (C=O) groups excluding carboxylic acids is 1. The normalized spacial score (nSPS) is 19.4. The highest BCUT2D eigenvalue weighted by Crippen LogP contribution is 2.51. The first-order valence-electron chi connectivity index (χ1n) is 11.7. The number of hydrogen-bond donors (Lipinski definition) is 1. The number of nitrogens with zero attached hydrogens (tertiary/aromatic N) is 2. The number of pyridine rings is 1. The van der Waals surface area contributed by atoms with Gasteiger partial charge in [0.15, 0.2) is 5.78 Å². The fraction of sp³-hybridized carbons (Fsp3) is 0.357. The predicted molar refractivity (Wildman–Crippen MR) is 133 cm³/mol. The summed E-state index contributed by atoms with van der Waals surface area (Å²) in [7, 11) is 0. The van der Waals surface area contributed by atoms with Gasteiger partial charge in [0.05, 0.1) is 11.6 Å². The first-order valence-corrected chi connectivity index (χ1v) is 11.7. The van der Waals surface area contributed by atoms with E-state index < -0.39 is 0 Å². The summed E-state index contributed by atoms with van der Waals surface area (Å²) >= 11 is 0. The van der Waals surface area contributed by atoms with Crippen molar-refractivity contribution in [2.45, 2.75) is 46.6 Å². The number of ketones is 1. The average Bonchev–Trinajstić information content (AvgIpc) is 2.78. The van der Waals surface area contributed by atoms with E-state index in [1.165, 1.54) is 11.3 Å². The molecule has 4 nitrogen and oxygen atoms in total. The Bertz CT molecular complexity index is 1220. The molecular weight excluding hydrogens is 394 g/mol. The molecule has 0 saturated heterocycles. The largest absolute Gasteiger partial charge is 0.373 e. The molecule has 32 heavy (non-hydrogen) atoms. The van der Waals surface area contributed by atoms with Crippen LogP contribution in [-0.4, -0.2) is 23.9 Å². The highest BCUT2D eigenvalue weighted by Gasteiger charge is 2.40. The van der Waals surface area contributed by atoms with Gasteiger partial charge in [0, 0.05) is 53.6 Å². The van der Waals surface area contributed by atoms with Crippen LogP contribution in [0.25, 0.3) is 16.5 Å². The molecule has 2 heterocycles. The molecule has 5 rings (SSSR count). The summed E-state index contributed by atoms with van der Waals surface area (Å²) < 4.78 is 0. The van der Waals surface area contributed by atoms with E-state index in [2.05, 4.69) is 85.4 Å². The van der Waals surface area contributed by atoms with Crippen molar-refractivity contribution in [3.63, 3.8) is 0 Å². The van der Waals surface area contributed by atoms with E-state index >= 15 is 0 Å². The summed E-state index contributed by atoms with van der Waals surface area (Å²) in [6.07, 6.45) is 3.31. The van der Waals surface area contributed by atoms with Gasteiger partial charge >= 0.3 is 0 Å². The molecule has 0 bridgehead atoms. The number of nitrogens with one attached hydrogen (secondary N) is 1. The fourth-order valence-corrected chi connectivity index (χ4v) is 5.43. The number of hydrogen-bond acceptors (Lipinski definition) is 4. The molecule has 164 valence electrons. The number of carbonyl (C=O) groups is 1. The Hall–Kier alpha value is -3.14. The average molecular weight is 426 g/mol. The van der Waals surface area contributed by atoms with Gasteiger partial charge in [0.25, 0.3) is 0 Å². The first kappa shape index (κ1) is 20.7. The van der Waals surface area contributed by atoms with E-state index in [1.54, 1.807) is 0 Å². The van der Waals surface area contributed by atoms with E-state index in [4.69, 9.17) is 0 Å². The van der Waals surface area contributed by atoms with Crippen LogP contribution in [0.15, 0.2) is 60.3 Å². The Morgan fingerprint density at radius 1 is 1.03 bits per heavy atom. The molecule has 4 heteroatoms. The standard InChI is InChI=1S/C28H31N3O/c1-5-31(6-2)19-11-9-18(10-12-19)27-26-21(16-28(3,4)17-24(26)32)25-20-8-7-15-29-22(20)13-14-23(25)30-27/h7-15,27,30H,5-6,16-17H2,1-4H3. The van der Waals surface area contributed by atoms with Crippen LogP contribution in [0.4, 0.5) is 11.4 Å². The van der Waals surface area contributed by atoms with E-state index in [-0.39, 0.29) is 17.2 Å². The smallest absolute Gasteiger partial charge is 0.162 e. The van der Waals surface area contributed by atoms with Crippen LogP contribution in [0.2, 0.25) is 0 Å². The third-order valence-corrected chi connectivity index (χ3v) is 6.95. The van der Waals surface area contributed by atoms with Crippen LogP contribution in [0.5, 0.6) is 0 Å². The lowest BCUT2D eigenvalue weighted by Gasteiger charge is -2.40. The van der Waals surface area contributed by atoms with Crippen molar-refractivity contribution in [1.29, 1.82) is 0 Å². The maximum absolute atomic E-state index is 13.5. The van der Waals surface area contributed by atoms with Crippen molar-refractivity contribution in [3.05, 3.63) is 71.4 Å². The van der Waals surface area contributed by atoms with Crippen LogP contribution in [0, 0.1) is 5.41 Å². The first-order chi connectivity index (χ1) is 15.4. The fourth-order valence-electron chi connectivity index (χ4n) is 5.43. The van der Waals surface area contributed by atoms with Crippen LogP contribution in [-0.2, 0) is 4.79 Å². The Balaban J connectivity index is 1.67. The minimum Gasteiger partial charge on any atom is -0.373 e. The molecule has 1 aliphatic carbocycles. The van der Waals surface area contributed by atoms with Gasteiger partial charge in [-0.25, -0.2) is 0 Å². The minimum absolute atomic E-state index is 0.0495. The monoisotopic (exact) mass is 425 g/mol. The van der Waals surface area contributed by atoms with Gasteiger partial charge in [-0.3, -0.25) is 9.78 Å². The summed E-state index contributed by atoms with van der Waals surface area (Å²) in [6.45, 7) is 10.7. The lowest BCUT2D eigenvalue weighted by molar-refractivity contribution is -0.118. The second-order valence-corrected chi connectivity index (χ2v) is 9.73. The summed E-state index contributed by atoms with van der Waals surface area (Å²) in [5.41, 5.74) is 7.65. The van der Waals surface area contributed by atoms with Gasteiger partial charge in [-0.05, 0) is 67.2 Å². The molecule has 1 aliphatic heterocycles. The maximum atomic E-state index is 13.5. The van der Waals surface area contributed by atoms with Gasteiger partial charge in [-0.1, -0.05) is 32.0 Å². The van der Waals surface area contributed by atoms with Crippen molar-refractivity contribution in [3.8, 4) is 0 Å². The number of benzene rings is 2. The molecule has 3 aromatic rings. The van der Waals surface area contributed by atoms with Crippen molar-refractivity contribution >= 4 is 33.6 Å². The highest BCUT2D eigenvalue weighted by atomic mass is 16.1. The van der Waals surface area contributed by atoms with Gasteiger partial charge in [0.1, 0.15) is 0 Å². The van der Waals surface area contributed by atoms with Crippen LogP contribution in [0.3, 0.4) is 0 Å². The summed E-state index contributed by atoms with van der Waals surface area (Å²) in [5.74, 6) is 0.258. The molecule has 2 aromatic carbocycles. The number of fused-ring (bicyclic) bond motifs is 4. The summed E-state index contributed by atoms with van der Waals surface area (Å²) in [6, 6.07) is 16.9. The molecule has 1 aromatic heterocycles. The number of rotatable bonds is 4. The van der Waals surface area contributed by atoms with Crippen LogP contribution >= 0.6 is 0 Å². The lowest BCUT2D eigenvalue weighted by atomic mass is 9.68. The summed E-state index contributed by atoms with van der Waals surface area (Å²) in [4.78, 5) is 20.4. The summed E-state index contributed by atoms with van der Waals surface area (Å²) in [5, 5.41) is 4.84. The number of aromatic nitrogens is 1. The Morgan fingerprint density at radius 3 is 2.50 bits per heavy atom. The molecule has 0 fully saturated rings. The maximum Gasteiger partial charge on any atom is 0.162 e. The van der Waals surface area contributed by atoms with Gasteiger partial charge in [-0.15, -0.1) is 0 Å². The van der Waals surface area contributed by atoms with Crippen molar-refractivity contribution in [2.24, 2.45) is 5.41 Å². The molecule has 0 spiro atoms. The Morgan fingerprint density at radius 2 is 1.78 bits per heavy atom. The second-order valence-electron chi connectivity index (χ2n) is 9.73. The quantitative estimate of drug-likeness (QED) is 0.526. The highest BCUT2D eigenvalue weighted by molar-refractivity contribution is 6.12. The van der Waals surface area contributed by atoms with Crippen molar-refractivity contribution in [1.82, 2.24) is 4.98 Å². The zero-order chi connectivity index (χ0) is 22.5. The zero-order valence-electron chi connectivity index (χ0n) is 19.4. The van der Waals surface area contributed by atoms with Gasteiger partial charge in [0.2, 0.25) is 0 Å². The lowest BCUT2D eigenvalue weighted by Crippen LogP contribution is -2.33. The molecule has 1 unspecified atom stereocenters. The molecule has 1 N–H and O–H groups in total. The van der Waals surface area contributed by atoms with Gasteiger partial charge in [-0.2, -0.15) is 0 Å². The van der Waals surface area contributed by atoms with Crippen LogP contribution in [0.1, 0.15) is 57.7 Å². The number of Topliss-reactive ketones (excluding diaryl/α,β-unsaturated/α-hetero) is 1.